The lowest BCUT2D eigenvalue weighted by Crippen LogP contribution is -2.40. The molecule has 7 heteroatoms. The molecular formula is C16H18N2O4S. The monoisotopic (exact) mass is 334 g/mol. The molecule has 1 fully saturated rings. The van der Waals surface area contributed by atoms with Gasteiger partial charge in [-0.1, -0.05) is 0 Å². The zero-order valence-electron chi connectivity index (χ0n) is 12.6. The van der Waals surface area contributed by atoms with Gasteiger partial charge in [-0.2, -0.15) is 0 Å². The van der Waals surface area contributed by atoms with Crippen molar-refractivity contribution in [3.05, 3.63) is 23.8 Å². The van der Waals surface area contributed by atoms with Gasteiger partial charge in [0.25, 0.3) is 5.91 Å². The third kappa shape index (κ3) is 3.50. The Balaban J connectivity index is 1.73. The van der Waals surface area contributed by atoms with E-state index in [0.29, 0.717) is 43.6 Å². The van der Waals surface area contributed by atoms with E-state index in [9.17, 15) is 14.4 Å². The molecule has 2 aliphatic rings. The summed E-state index contributed by atoms with van der Waals surface area (Å²) in [6, 6.07) is 5.36. The van der Waals surface area contributed by atoms with Crippen LogP contribution in [0.3, 0.4) is 0 Å². The number of carbonyl (C=O) groups excluding carboxylic acids is 2. The molecule has 0 aliphatic carbocycles. The standard InChI is InChI=1S/C16H18N2O4S/c19-14-5-8-23-13-2-1-11(9-12(13)17-14)15(20)18-6-3-10(4-7-18)16(21)22/h1-2,9-10H,3-8H2,(H,17,19)(H,21,22). The molecule has 0 aromatic heterocycles. The number of aliphatic carboxylic acids is 1. The topological polar surface area (TPSA) is 86.7 Å². The predicted molar refractivity (Wildman–Crippen MR) is 86.7 cm³/mol. The first kappa shape index (κ1) is 15.9. The van der Waals surface area contributed by atoms with Crippen LogP contribution < -0.4 is 5.32 Å². The van der Waals surface area contributed by atoms with Gasteiger partial charge < -0.3 is 15.3 Å². The van der Waals surface area contributed by atoms with E-state index in [1.54, 1.807) is 28.8 Å². The number of benzene rings is 1. The van der Waals surface area contributed by atoms with Crippen molar-refractivity contribution < 1.29 is 19.5 Å². The summed E-state index contributed by atoms with van der Waals surface area (Å²) in [6.07, 6.45) is 1.43. The highest BCUT2D eigenvalue weighted by Crippen LogP contribution is 2.32. The summed E-state index contributed by atoms with van der Waals surface area (Å²) in [7, 11) is 0. The summed E-state index contributed by atoms with van der Waals surface area (Å²) < 4.78 is 0. The van der Waals surface area contributed by atoms with Crippen LogP contribution in [0.1, 0.15) is 29.6 Å². The lowest BCUT2D eigenvalue weighted by Gasteiger charge is -2.30. The zero-order valence-corrected chi connectivity index (χ0v) is 13.4. The number of piperidine rings is 1. The minimum absolute atomic E-state index is 0.0388. The van der Waals surface area contributed by atoms with Crippen molar-refractivity contribution in [1.29, 1.82) is 0 Å². The molecule has 2 aliphatic heterocycles. The fourth-order valence-corrected chi connectivity index (χ4v) is 3.80. The number of carboxylic acid groups (broad SMARTS) is 1. The highest BCUT2D eigenvalue weighted by Gasteiger charge is 2.28. The molecule has 3 rings (SSSR count). The number of carbonyl (C=O) groups is 3. The molecule has 23 heavy (non-hydrogen) atoms. The SMILES string of the molecule is O=C1CCSc2ccc(C(=O)N3CCC(C(=O)O)CC3)cc2N1. The number of thioether (sulfide) groups is 1. The summed E-state index contributed by atoms with van der Waals surface area (Å²) in [5, 5.41) is 11.9. The zero-order chi connectivity index (χ0) is 16.4. The summed E-state index contributed by atoms with van der Waals surface area (Å²) >= 11 is 1.60. The number of carboxylic acids is 1. The van der Waals surface area contributed by atoms with Gasteiger partial charge in [-0.3, -0.25) is 14.4 Å². The van der Waals surface area contributed by atoms with Crippen molar-refractivity contribution in [2.45, 2.75) is 24.2 Å². The molecular weight excluding hydrogens is 316 g/mol. The number of hydrogen-bond donors (Lipinski definition) is 2. The van der Waals surface area contributed by atoms with Crippen molar-refractivity contribution in [3.63, 3.8) is 0 Å². The van der Waals surface area contributed by atoms with Crippen molar-refractivity contribution in [1.82, 2.24) is 4.90 Å². The van der Waals surface area contributed by atoms with E-state index >= 15 is 0 Å². The maximum Gasteiger partial charge on any atom is 0.306 e. The number of hydrogen-bond acceptors (Lipinski definition) is 4. The summed E-state index contributed by atoms with van der Waals surface area (Å²) in [4.78, 5) is 37.9. The summed E-state index contributed by atoms with van der Waals surface area (Å²) in [5.41, 5.74) is 1.21. The van der Waals surface area contributed by atoms with Crippen molar-refractivity contribution in [2.75, 3.05) is 24.2 Å². The first-order valence-corrected chi connectivity index (χ1v) is 8.62. The molecule has 0 saturated carbocycles. The van der Waals surface area contributed by atoms with Crippen molar-refractivity contribution >= 4 is 35.2 Å². The van der Waals surface area contributed by atoms with Crippen LogP contribution in [0.25, 0.3) is 0 Å². The second-order valence-electron chi connectivity index (χ2n) is 5.76. The summed E-state index contributed by atoms with van der Waals surface area (Å²) in [6.45, 7) is 0.905. The van der Waals surface area contributed by atoms with Gasteiger partial charge in [-0.25, -0.2) is 0 Å². The molecule has 1 aromatic carbocycles. The molecule has 2 N–H and O–H groups in total. The fraction of sp³-hybridized carbons (Fsp3) is 0.438. The van der Waals surface area contributed by atoms with Gasteiger partial charge in [-0.05, 0) is 31.0 Å². The number of anilines is 1. The first-order valence-electron chi connectivity index (χ1n) is 7.63. The van der Waals surface area contributed by atoms with Crippen LogP contribution in [-0.2, 0) is 9.59 Å². The van der Waals surface area contributed by atoms with E-state index in [1.165, 1.54) is 0 Å². The van der Waals surface area contributed by atoms with Crippen LogP contribution >= 0.6 is 11.8 Å². The molecule has 1 aromatic rings. The van der Waals surface area contributed by atoms with E-state index in [2.05, 4.69) is 5.32 Å². The van der Waals surface area contributed by atoms with E-state index in [0.717, 1.165) is 10.6 Å². The van der Waals surface area contributed by atoms with Crippen molar-refractivity contribution in [2.24, 2.45) is 5.92 Å². The van der Waals surface area contributed by atoms with Gasteiger partial charge in [0.05, 0.1) is 11.6 Å². The number of nitrogens with one attached hydrogen (secondary N) is 1. The molecule has 0 radical (unpaired) electrons. The lowest BCUT2D eigenvalue weighted by atomic mass is 9.96. The fourth-order valence-electron chi connectivity index (χ4n) is 2.87. The quantitative estimate of drug-likeness (QED) is 0.864. The second kappa shape index (κ2) is 6.62. The molecule has 1 saturated heterocycles. The van der Waals surface area contributed by atoms with E-state index < -0.39 is 5.97 Å². The minimum atomic E-state index is -0.790. The Morgan fingerprint density at radius 1 is 1.26 bits per heavy atom. The maximum absolute atomic E-state index is 12.6. The molecule has 2 heterocycles. The normalized spacial score (nSPS) is 18.8. The highest BCUT2D eigenvalue weighted by molar-refractivity contribution is 7.99. The molecule has 0 spiro atoms. The van der Waals surface area contributed by atoms with E-state index in [1.807, 2.05) is 6.07 Å². The molecule has 2 amide bonds. The Morgan fingerprint density at radius 2 is 2.00 bits per heavy atom. The van der Waals surface area contributed by atoms with Gasteiger partial charge >= 0.3 is 5.97 Å². The van der Waals surface area contributed by atoms with Crippen LogP contribution in [0.15, 0.2) is 23.1 Å². The molecule has 122 valence electrons. The van der Waals surface area contributed by atoms with Gasteiger partial charge in [0.15, 0.2) is 0 Å². The predicted octanol–water partition coefficient (Wildman–Crippen LogP) is 2.06. The number of nitrogens with zero attached hydrogens (tertiary/aromatic N) is 1. The molecule has 6 nitrogen and oxygen atoms in total. The Hall–Kier alpha value is -2.02. The minimum Gasteiger partial charge on any atom is -0.481 e. The Bertz CT molecular complexity index is 653. The van der Waals surface area contributed by atoms with Crippen LogP contribution in [0, 0.1) is 5.92 Å². The van der Waals surface area contributed by atoms with Crippen molar-refractivity contribution in [3.8, 4) is 0 Å². The Labute approximate surface area is 138 Å². The lowest BCUT2D eigenvalue weighted by molar-refractivity contribution is -0.143. The first-order chi connectivity index (χ1) is 11.0. The number of likely N-dealkylation sites (tertiary alicyclic amines) is 1. The Kier molecular flexibility index (Phi) is 4.56. The van der Waals surface area contributed by atoms with Gasteiger partial charge in [0, 0.05) is 35.7 Å². The molecule has 0 atom stereocenters. The molecule has 0 bridgehead atoms. The third-order valence-electron chi connectivity index (χ3n) is 4.22. The average molecular weight is 334 g/mol. The highest BCUT2D eigenvalue weighted by atomic mass is 32.2. The maximum atomic E-state index is 12.6. The van der Waals surface area contributed by atoms with Crippen LogP contribution in [0.2, 0.25) is 0 Å². The number of fused-ring (bicyclic) bond motifs is 1. The van der Waals surface area contributed by atoms with Gasteiger partial charge in [-0.15, -0.1) is 11.8 Å². The Morgan fingerprint density at radius 3 is 2.70 bits per heavy atom. The third-order valence-corrected chi connectivity index (χ3v) is 5.29. The number of rotatable bonds is 2. The van der Waals surface area contributed by atoms with Crippen LogP contribution in [0.5, 0.6) is 0 Å². The largest absolute Gasteiger partial charge is 0.481 e. The number of amides is 2. The molecule has 0 unspecified atom stereocenters. The second-order valence-corrected chi connectivity index (χ2v) is 6.90. The van der Waals surface area contributed by atoms with E-state index in [4.69, 9.17) is 5.11 Å². The van der Waals surface area contributed by atoms with Crippen LogP contribution in [0.4, 0.5) is 5.69 Å². The van der Waals surface area contributed by atoms with Crippen LogP contribution in [-0.4, -0.2) is 46.6 Å². The smallest absolute Gasteiger partial charge is 0.306 e. The van der Waals surface area contributed by atoms with Gasteiger partial charge in [0.1, 0.15) is 0 Å². The van der Waals surface area contributed by atoms with E-state index in [-0.39, 0.29) is 17.7 Å². The average Bonchev–Trinajstić information content (AvgIpc) is 2.74. The summed E-state index contributed by atoms with van der Waals surface area (Å²) in [5.74, 6) is -0.568. The van der Waals surface area contributed by atoms with Gasteiger partial charge in [0.2, 0.25) is 5.91 Å².